The monoisotopic (exact) mass is 305 g/mol. The minimum absolute atomic E-state index is 0.609. The predicted molar refractivity (Wildman–Crippen MR) is 63.3 cm³/mol. The molecule has 4 unspecified atom stereocenters. The average molecular weight is 305 g/mol. The van der Waals surface area contributed by atoms with E-state index in [9.17, 15) is 0 Å². The lowest BCUT2D eigenvalue weighted by molar-refractivity contribution is 0.304. The van der Waals surface area contributed by atoms with Crippen LogP contribution in [0.1, 0.15) is 12.8 Å². The van der Waals surface area contributed by atoms with Crippen LogP contribution in [0, 0.1) is 11.8 Å². The van der Waals surface area contributed by atoms with Gasteiger partial charge >= 0.3 is 0 Å². The van der Waals surface area contributed by atoms with Crippen LogP contribution in [-0.2, 0) is 0 Å². The molecule has 0 radical (unpaired) electrons. The Kier molecular flexibility index (Phi) is 1.65. The van der Waals surface area contributed by atoms with E-state index in [0.717, 1.165) is 23.9 Å². The van der Waals surface area contributed by atoms with Crippen molar-refractivity contribution in [1.82, 2.24) is 13.7 Å². The minimum atomic E-state index is 0.609. The molecule has 3 nitrogen and oxygen atoms in total. The normalized spacial score (nSPS) is 55.9. The lowest BCUT2D eigenvalue weighted by Gasteiger charge is -2.29. The molecule has 5 rings (SSSR count). The summed E-state index contributed by atoms with van der Waals surface area (Å²) < 4.78 is 2.41. The molecule has 0 aromatic heterocycles. The summed E-state index contributed by atoms with van der Waals surface area (Å²) in [6, 6.07) is 1.67. The number of hydrogen-bond acceptors (Lipinski definition) is 3. The molecular formula is C10H16IN3. The van der Waals surface area contributed by atoms with E-state index in [4.69, 9.17) is 0 Å². The fourth-order valence-electron chi connectivity index (χ4n) is 3.78. The molecule has 4 atom stereocenters. The summed E-state index contributed by atoms with van der Waals surface area (Å²) in [4.78, 5) is 0. The molecule has 0 amide bonds. The maximum atomic E-state index is 3.93. The van der Waals surface area contributed by atoms with E-state index < -0.39 is 0 Å². The first-order valence-electron chi connectivity index (χ1n) is 5.74. The van der Waals surface area contributed by atoms with Gasteiger partial charge in [-0.15, -0.1) is 0 Å². The second-order valence-corrected chi connectivity index (χ2v) is 6.64. The van der Waals surface area contributed by atoms with Crippen LogP contribution in [0.3, 0.4) is 0 Å². The summed E-state index contributed by atoms with van der Waals surface area (Å²) >= 11 is 2.44. The number of nitrogens with zero attached hydrogens (tertiary/aromatic N) is 1. The molecule has 2 bridgehead atoms. The molecule has 78 valence electrons. The van der Waals surface area contributed by atoms with Gasteiger partial charge in [-0.2, -0.15) is 0 Å². The molecule has 0 aromatic rings. The molecule has 3 saturated heterocycles. The molecule has 2 N–H and O–H groups in total. The molecule has 2 saturated carbocycles. The van der Waals surface area contributed by atoms with Crippen LogP contribution in [-0.4, -0.2) is 40.4 Å². The molecule has 5 aliphatic rings. The number of fused-ring (bicyclic) bond motifs is 1. The van der Waals surface area contributed by atoms with Crippen LogP contribution in [0.4, 0.5) is 0 Å². The van der Waals surface area contributed by atoms with Crippen molar-refractivity contribution in [2.24, 2.45) is 11.8 Å². The van der Waals surface area contributed by atoms with Crippen molar-refractivity contribution in [3.63, 3.8) is 0 Å². The maximum absolute atomic E-state index is 3.93. The van der Waals surface area contributed by atoms with Gasteiger partial charge in [0.05, 0.1) is 0 Å². The van der Waals surface area contributed by atoms with E-state index in [1.165, 1.54) is 32.5 Å². The minimum Gasteiger partial charge on any atom is -0.311 e. The molecule has 4 heteroatoms. The fraction of sp³-hybridized carbons (Fsp3) is 1.00. The second-order valence-electron chi connectivity index (χ2n) is 5.28. The molecule has 3 aliphatic heterocycles. The lowest BCUT2D eigenvalue weighted by atomic mass is 10.0. The van der Waals surface area contributed by atoms with Gasteiger partial charge in [0, 0.05) is 66.0 Å². The lowest BCUT2D eigenvalue weighted by Crippen LogP contribution is -2.45. The van der Waals surface area contributed by atoms with E-state index >= 15 is 0 Å². The smallest absolute Gasteiger partial charge is 0.0433 e. The van der Waals surface area contributed by atoms with E-state index in [1.54, 1.807) is 0 Å². The molecule has 14 heavy (non-hydrogen) atoms. The average Bonchev–Trinajstić information content (AvgIpc) is 2.85. The summed E-state index contributed by atoms with van der Waals surface area (Å²) in [5.41, 5.74) is 0.609. The van der Waals surface area contributed by atoms with Crippen LogP contribution in [0.2, 0.25) is 0 Å². The molecule has 2 aliphatic carbocycles. The van der Waals surface area contributed by atoms with Crippen LogP contribution in [0.5, 0.6) is 0 Å². The second kappa shape index (κ2) is 2.64. The number of piperidine rings is 2. The van der Waals surface area contributed by atoms with Gasteiger partial charge in [0.1, 0.15) is 0 Å². The summed E-state index contributed by atoms with van der Waals surface area (Å²) in [6.07, 6.45) is 2.69. The van der Waals surface area contributed by atoms with Crippen LogP contribution in [0.25, 0.3) is 0 Å². The molecule has 0 spiro atoms. The van der Waals surface area contributed by atoms with Gasteiger partial charge in [-0.1, -0.05) is 0 Å². The van der Waals surface area contributed by atoms with Crippen LogP contribution in [0.15, 0.2) is 0 Å². The first kappa shape index (κ1) is 8.73. The Morgan fingerprint density at radius 2 is 2.14 bits per heavy atom. The van der Waals surface area contributed by atoms with Gasteiger partial charge in [-0.05, 0) is 18.8 Å². The van der Waals surface area contributed by atoms with Gasteiger partial charge < -0.3 is 10.6 Å². The fourth-order valence-corrected chi connectivity index (χ4v) is 4.33. The Bertz CT molecular complexity index is 253. The number of halogens is 1. The van der Waals surface area contributed by atoms with Crippen LogP contribution < -0.4 is 10.6 Å². The van der Waals surface area contributed by atoms with Crippen molar-refractivity contribution in [3.05, 3.63) is 0 Å². The quantitative estimate of drug-likeness (QED) is 0.570. The largest absolute Gasteiger partial charge is 0.311 e. The summed E-state index contributed by atoms with van der Waals surface area (Å²) in [6.45, 7) is 3.82. The third-order valence-corrected chi connectivity index (χ3v) is 5.67. The Morgan fingerprint density at radius 3 is 2.71 bits per heavy atom. The predicted octanol–water partition coefficient (Wildman–Crippen LogP) is 0.361. The third-order valence-electron chi connectivity index (χ3n) is 4.71. The number of nitrogens with one attached hydrogen (secondary N) is 2. The third kappa shape index (κ3) is 0.936. The highest BCUT2D eigenvalue weighted by Gasteiger charge is 2.90. The van der Waals surface area contributed by atoms with Gasteiger partial charge in [0.15, 0.2) is 0 Å². The highest BCUT2D eigenvalue weighted by Crippen LogP contribution is 2.75. The van der Waals surface area contributed by atoms with Crippen LogP contribution >= 0.6 is 22.9 Å². The maximum Gasteiger partial charge on any atom is 0.0433 e. The van der Waals surface area contributed by atoms with Gasteiger partial charge in [-0.3, -0.25) is 0 Å². The van der Waals surface area contributed by atoms with Crippen molar-refractivity contribution in [1.29, 1.82) is 0 Å². The Balaban J connectivity index is 1.39. The zero-order valence-electron chi connectivity index (χ0n) is 8.17. The Hall–Kier alpha value is 0.610. The first-order valence-corrected chi connectivity index (χ1v) is 6.70. The Labute approximate surface area is 98.5 Å². The van der Waals surface area contributed by atoms with Crippen molar-refractivity contribution in [2.75, 3.05) is 19.6 Å². The molecular weight excluding hydrogens is 289 g/mol. The van der Waals surface area contributed by atoms with Gasteiger partial charge in [-0.25, -0.2) is 3.11 Å². The SMILES string of the molecule is IN1CCC(NC23C4CNC2C43)CC1. The number of hydrogen-bond donors (Lipinski definition) is 2. The topological polar surface area (TPSA) is 27.3 Å². The first-order chi connectivity index (χ1) is 6.82. The molecule has 0 aromatic carbocycles. The van der Waals surface area contributed by atoms with Crippen molar-refractivity contribution in [3.8, 4) is 0 Å². The highest BCUT2D eigenvalue weighted by molar-refractivity contribution is 14.1. The number of rotatable bonds is 2. The van der Waals surface area contributed by atoms with Crippen molar-refractivity contribution in [2.45, 2.75) is 30.5 Å². The van der Waals surface area contributed by atoms with E-state index in [0.29, 0.717) is 5.54 Å². The van der Waals surface area contributed by atoms with E-state index in [-0.39, 0.29) is 0 Å². The van der Waals surface area contributed by atoms with Crippen molar-refractivity contribution >= 4 is 22.9 Å². The zero-order valence-corrected chi connectivity index (χ0v) is 10.3. The van der Waals surface area contributed by atoms with Gasteiger partial charge in [0.25, 0.3) is 0 Å². The summed E-state index contributed by atoms with van der Waals surface area (Å²) in [7, 11) is 0. The molecule has 3 heterocycles. The van der Waals surface area contributed by atoms with Crippen molar-refractivity contribution < 1.29 is 0 Å². The standard InChI is InChI=1S/C10H16IN3/c11-14-3-1-6(2-4-14)13-10-7-5-12-9(10)8(7)10/h6-9,12-13H,1-5H2. The van der Waals surface area contributed by atoms with E-state index in [2.05, 4.69) is 36.6 Å². The zero-order chi connectivity index (χ0) is 9.34. The highest BCUT2D eigenvalue weighted by atomic mass is 127. The molecule has 5 fully saturated rings. The van der Waals surface area contributed by atoms with E-state index in [1.807, 2.05) is 0 Å². The Morgan fingerprint density at radius 1 is 1.36 bits per heavy atom. The van der Waals surface area contributed by atoms with Gasteiger partial charge in [0.2, 0.25) is 0 Å². The summed E-state index contributed by atoms with van der Waals surface area (Å²) in [5, 5.41) is 7.53. The summed E-state index contributed by atoms with van der Waals surface area (Å²) in [5.74, 6) is 2.03.